The molecule has 9 heteroatoms. The number of anilines is 2. The molecule has 3 amide bonds. The predicted octanol–water partition coefficient (Wildman–Crippen LogP) is 4.21. The second-order valence-electron chi connectivity index (χ2n) is 11.5. The van der Waals surface area contributed by atoms with Crippen LogP contribution < -0.4 is 15.4 Å². The normalized spacial score (nSPS) is 28.1. The summed E-state index contributed by atoms with van der Waals surface area (Å²) >= 11 is 0. The van der Waals surface area contributed by atoms with Crippen molar-refractivity contribution in [1.82, 2.24) is 4.90 Å². The molecule has 41 heavy (non-hydrogen) atoms. The van der Waals surface area contributed by atoms with Crippen LogP contribution in [0.4, 0.5) is 11.4 Å². The molecule has 3 aliphatic rings. The number of ether oxygens (including phenoxy) is 2. The number of para-hydroxylation sites is 1. The molecule has 5 atom stereocenters. The summed E-state index contributed by atoms with van der Waals surface area (Å²) in [5, 5.41) is 15.5. The Morgan fingerprint density at radius 1 is 1.02 bits per heavy atom. The quantitative estimate of drug-likeness (QED) is 0.353. The molecule has 0 saturated carbocycles. The molecule has 5 rings (SSSR count). The van der Waals surface area contributed by atoms with E-state index in [0.29, 0.717) is 56.7 Å². The number of rotatable bonds is 11. The predicted molar refractivity (Wildman–Crippen MR) is 156 cm³/mol. The van der Waals surface area contributed by atoms with Gasteiger partial charge in [0.2, 0.25) is 17.7 Å². The third kappa shape index (κ3) is 4.89. The first kappa shape index (κ1) is 29.1. The van der Waals surface area contributed by atoms with Crippen LogP contribution >= 0.6 is 0 Å². The fourth-order valence-electron chi connectivity index (χ4n) is 7.28. The largest absolute Gasteiger partial charge is 0.494 e. The Balaban J connectivity index is 1.49. The van der Waals surface area contributed by atoms with Gasteiger partial charge in [-0.05, 0) is 88.3 Å². The molecule has 1 spiro atoms. The van der Waals surface area contributed by atoms with Crippen LogP contribution in [-0.4, -0.2) is 64.7 Å². The van der Waals surface area contributed by atoms with Crippen molar-refractivity contribution in [1.29, 1.82) is 0 Å². The van der Waals surface area contributed by atoms with E-state index in [9.17, 15) is 19.5 Å². The highest BCUT2D eigenvalue weighted by Gasteiger charge is 2.78. The summed E-state index contributed by atoms with van der Waals surface area (Å²) in [6.07, 6.45) is 2.71. The summed E-state index contributed by atoms with van der Waals surface area (Å²) < 4.78 is 12.3. The molecule has 0 radical (unpaired) electrons. The Hall–Kier alpha value is -3.43. The zero-order valence-corrected chi connectivity index (χ0v) is 24.4. The number of fused-ring (bicyclic) bond motifs is 1. The van der Waals surface area contributed by atoms with E-state index in [0.717, 1.165) is 16.8 Å². The van der Waals surface area contributed by atoms with Crippen LogP contribution in [0.2, 0.25) is 0 Å². The summed E-state index contributed by atoms with van der Waals surface area (Å²) in [7, 11) is 0. The lowest BCUT2D eigenvalue weighted by Crippen LogP contribution is -2.53. The molecule has 2 bridgehead atoms. The van der Waals surface area contributed by atoms with Gasteiger partial charge in [-0.2, -0.15) is 0 Å². The lowest BCUT2D eigenvalue weighted by Gasteiger charge is -2.34. The van der Waals surface area contributed by atoms with Crippen molar-refractivity contribution in [3.8, 4) is 5.75 Å². The third-order valence-electron chi connectivity index (χ3n) is 9.18. The standard InChI is InChI=1S/C32H41N3O6/c1-5-31-16-17-32(41-31)25(24(31)28(37)33-22-12-14-23(15-13-22)40-6-2)30(39)35(18-7-8-19-36)27(32)29(38)34-26-20(3)10-9-11-21(26)4/h9-15,24-25,27,36H,5-8,16-19H2,1-4H3,(H,33,37)(H,34,38)/t24-,25-,27?,31+,32?/m0/s1. The first-order chi connectivity index (χ1) is 19.7. The zero-order valence-electron chi connectivity index (χ0n) is 24.4. The zero-order chi connectivity index (χ0) is 29.4. The maximum absolute atomic E-state index is 14.2. The SMILES string of the molecule is CCOc1ccc(NC(=O)[C@@H]2[C@H]3C(=O)N(CCCCO)C(C(=O)Nc4c(C)cccc4C)C34CC[C@@]2(CC)O4)cc1. The number of benzene rings is 2. The first-order valence-electron chi connectivity index (χ1n) is 14.7. The van der Waals surface area contributed by atoms with Gasteiger partial charge in [0.15, 0.2) is 0 Å². The van der Waals surface area contributed by atoms with Gasteiger partial charge in [-0.1, -0.05) is 25.1 Å². The van der Waals surface area contributed by atoms with Gasteiger partial charge in [-0.3, -0.25) is 14.4 Å². The van der Waals surface area contributed by atoms with E-state index in [1.165, 1.54) is 0 Å². The van der Waals surface area contributed by atoms with Gasteiger partial charge in [-0.15, -0.1) is 0 Å². The molecule has 2 aromatic rings. The second-order valence-corrected chi connectivity index (χ2v) is 11.5. The molecular weight excluding hydrogens is 522 g/mol. The number of hydrogen-bond donors (Lipinski definition) is 3. The highest BCUT2D eigenvalue weighted by atomic mass is 16.5. The minimum Gasteiger partial charge on any atom is -0.494 e. The van der Waals surface area contributed by atoms with Gasteiger partial charge < -0.3 is 30.1 Å². The summed E-state index contributed by atoms with van der Waals surface area (Å²) in [6, 6.07) is 12.1. The monoisotopic (exact) mass is 563 g/mol. The molecule has 3 N–H and O–H groups in total. The number of aliphatic hydroxyl groups is 1. The molecule has 3 fully saturated rings. The van der Waals surface area contributed by atoms with E-state index in [1.807, 2.05) is 45.9 Å². The number of unbranched alkanes of at least 4 members (excludes halogenated alkanes) is 1. The summed E-state index contributed by atoms with van der Waals surface area (Å²) in [4.78, 5) is 43.9. The maximum Gasteiger partial charge on any atom is 0.250 e. The van der Waals surface area contributed by atoms with Crippen LogP contribution in [0, 0.1) is 25.7 Å². The molecule has 3 saturated heterocycles. The molecule has 0 aromatic heterocycles. The lowest BCUT2D eigenvalue weighted by molar-refractivity contribution is -0.144. The maximum atomic E-state index is 14.2. The number of likely N-dealkylation sites (tertiary alicyclic amines) is 1. The topological polar surface area (TPSA) is 117 Å². The lowest BCUT2D eigenvalue weighted by atomic mass is 9.65. The van der Waals surface area contributed by atoms with Crippen molar-refractivity contribution in [2.45, 2.75) is 77.0 Å². The van der Waals surface area contributed by atoms with Gasteiger partial charge in [0, 0.05) is 24.5 Å². The van der Waals surface area contributed by atoms with E-state index in [-0.39, 0.29) is 24.3 Å². The van der Waals surface area contributed by atoms with Crippen LogP contribution in [0.3, 0.4) is 0 Å². The molecule has 220 valence electrons. The number of nitrogens with zero attached hydrogens (tertiary/aromatic N) is 1. The number of aryl methyl sites for hydroxylation is 2. The summed E-state index contributed by atoms with van der Waals surface area (Å²) in [6.45, 7) is 8.61. The first-order valence-corrected chi connectivity index (χ1v) is 14.7. The van der Waals surface area contributed by atoms with Crippen LogP contribution in [0.15, 0.2) is 42.5 Å². The highest BCUT2D eigenvalue weighted by molar-refractivity contribution is 6.05. The molecule has 0 aliphatic carbocycles. The molecule has 2 unspecified atom stereocenters. The van der Waals surface area contributed by atoms with E-state index in [1.54, 1.807) is 29.2 Å². The van der Waals surface area contributed by atoms with Gasteiger partial charge >= 0.3 is 0 Å². The van der Waals surface area contributed by atoms with Crippen molar-refractivity contribution in [2.24, 2.45) is 11.8 Å². The van der Waals surface area contributed by atoms with Gasteiger partial charge in [0.1, 0.15) is 17.4 Å². The number of aliphatic hydroxyl groups excluding tert-OH is 1. The van der Waals surface area contributed by atoms with Crippen molar-refractivity contribution in [3.05, 3.63) is 53.6 Å². The average molecular weight is 564 g/mol. The van der Waals surface area contributed by atoms with E-state index >= 15 is 0 Å². The smallest absolute Gasteiger partial charge is 0.250 e. The Kier molecular flexibility index (Phi) is 8.12. The van der Waals surface area contributed by atoms with Gasteiger partial charge in [-0.25, -0.2) is 0 Å². The van der Waals surface area contributed by atoms with Crippen LogP contribution in [-0.2, 0) is 19.1 Å². The van der Waals surface area contributed by atoms with Gasteiger partial charge in [0.05, 0.1) is 24.0 Å². The molecule has 3 aliphatic heterocycles. The van der Waals surface area contributed by atoms with Crippen LogP contribution in [0.25, 0.3) is 0 Å². The number of carbonyl (C=O) groups excluding carboxylic acids is 3. The fourth-order valence-corrected chi connectivity index (χ4v) is 7.28. The number of amides is 3. The molecule has 3 heterocycles. The van der Waals surface area contributed by atoms with Gasteiger partial charge in [0.25, 0.3) is 0 Å². The Labute approximate surface area is 241 Å². The van der Waals surface area contributed by atoms with Crippen molar-refractivity contribution in [2.75, 3.05) is 30.4 Å². The summed E-state index contributed by atoms with van der Waals surface area (Å²) in [5.41, 5.74) is 1.26. The Morgan fingerprint density at radius 3 is 2.37 bits per heavy atom. The van der Waals surface area contributed by atoms with Crippen LogP contribution in [0.1, 0.15) is 57.1 Å². The van der Waals surface area contributed by atoms with Crippen LogP contribution in [0.5, 0.6) is 5.75 Å². The minimum absolute atomic E-state index is 0.00156. The van der Waals surface area contributed by atoms with E-state index in [2.05, 4.69) is 10.6 Å². The molecular formula is C32H41N3O6. The van der Waals surface area contributed by atoms with Crippen molar-refractivity contribution < 1.29 is 29.0 Å². The fraction of sp³-hybridized carbons (Fsp3) is 0.531. The number of nitrogens with one attached hydrogen (secondary N) is 2. The van der Waals surface area contributed by atoms with E-state index in [4.69, 9.17) is 9.47 Å². The second kappa shape index (κ2) is 11.4. The van der Waals surface area contributed by atoms with E-state index < -0.39 is 29.1 Å². The minimum atomic E-state index is -1.10. The molecule has 2 aromatic carbocycles. The number of carbonyl (C=O) groups is 3. The number of hydrogen-bond acceptors (Lipinski definition) is 6. The molecule has 9 nitrogen and oxygen atoms in total. The average Bonchev–Trinajstić information content (AvgIpc) is 3.56. The summed E-state index contributed by atoms with van der Waals surface area (Å²) in [5.74, 6) is -1.62. The Bertz CT molecular complexity index is 1290. The Morgan fingerprint density at radius 2 is 1.73 bits per heavy atom. The van der Waals surface area contributed by atoms with Crippen molar-refractivity contribution >= 4 is 29.1 Å². The van der Waals surface area contributed by atoms with Crippen molar-refractivity contribution in [3.63, 3.8) is 0 Å². The third-order valence-corrected chi connectivity index (χ3v) is 9.18. The highest BCUT2D eigenvalue weighted by Crippen LogP contribution is 2.64.